The maximum Gasteiger partial charge on any atom is 0.0241 e. The average molecular weight is 215 g/mol. The Hall–Kier alpha value is 0.500. The van der Waals surface area contributed by atoms with Crippen LogP contribution in [0.1, 0.15) is 13.8 Å². The van der Waals surface area contributed by atoms with Gasteiger partial charge in [-0.25, -0.2) is 0 Å². The van der Waals surface area contributed by atoms with E-state index >= 15 is 0 Å². The molecule has 1 rings (SSSR count). The van der Waals surface area contributed by atoms with Gasteiger partial charge in [-0.2, -0.15) is 0 Å². The molecule has 12 heavy (non-hydrogen) atoms. The molecule has 0 aromatic carbocycles. The molecule has 0 aromatic heterocycles. The molecule has 1 aliphatic heterocycles. The van der Waals surface area contributed by atoms with Gasteiger partial charge in [-0.05, 0) is 13.0 Å². The largest absolute Gasteiger partial charge is 0.314 e. The minimum atomic E-state index is 0. The predicted octanol–water partition coefficient (Wildman–Crippen LogP) is 1.39. The highest BCUT2D eigenvalue weighted by atomic mass is 35.5. The zero-order valence-electron chi connectivity index (χ0n) is 8.04. The molecule has 1 aliphatic rings. The molecule has 0 saturated carbocycles. The maximum atomic E-state index is 3.40. The van der Waals surface area contributed by atoms with Gasteiger partial charge >= 0.3 is 0 Å². The van der Waals surface area contributed by atoms with Gasteiger partial charge in [-0.3, -0.25) is 0 Å². The zero-order valence-corrected chi connectivity index (χ0v) is 9.67. The van der Waals surface area contributed by atoms with E-state index in [1.165, 1.54) is 6.54 Å². The van der Waals surface area contributed by atoms with Gasteiger partial charge in [0.05, 0.1) is 0 Å². The van der Waals surface area contributed by atoms with Crippen LogP contribution in [0.4, 0.5) is 0 Å². The number of nitrogens with zero attached hydrogens (tertiary/aromatic N) is 1. The molecule has 0 radical (unpaired) electrons. The second-order valence-electron chi connectivity index (χ2n) is 3.50. The quantitative estimate of drug-likeness (QED) is 0.711. The number of hydrogen-bond acceptors (Lipinski definition) is 2. The van der Waals surface area contributed by atoms with Crippen molar-refractivity contribution in [2.24, 2.45) is 5.92 Å². The third-order valence-electron chi connectivity index (χ3n) is 2.33. The number of piperazine rings is 1. The third-order valence-corrected chi connectivity index (χ3v) is 2.33. The summed E-state index contributed by atoms with van der Waals surface area (Å²) in [6.45, 7) is 8.08. The molecule has 1 fully saturated rings. The summed E-state index contributed by atoms with van der Waals surface area (Å²) >= 11 is 0. The Labute approximate surface area is 87.9 Å². The van der Waals surface area contributed by atoms with Crippen molar-refractivity contribution in [3.05, 3.63) is 0 Å². The Kier molecular flexibility index (Phi) is 8.69. The van der Waals surface area contributed by atoms with Gasteiger partial charge in [-0.1, -0.05) is 13.8 Å². The van der Waals surface area contributed by atoms with Crippen molar-refractivity contribution in [3.63, 3.8) is 0 Å². The van der Waals surface area contributed by atoms with E-state index in [0.717, 1.165) is 25.0 Å². The summed E-state index contributed by atoms with van der Waals surface area (Å²) in [7, 11) is 2.21. The van der Waals surface area contributed by atoms with Crippen molar-refractivity contribution in [3.8, 4) is 0 Å². The molecule has 0 aliphatic carbocycles. The van der Waals surface area contributed by atoms with Crippen LogP contribution in [0.3, 0.4) is 0 Å². The van der Waals surface area contributed by atoms with Crippen LogP contribution in [0, 0.1) is 5.92 Å². The van der Waals surface area contributed by atoms with E-state index in [2.05, 4.69) is 31.1 Å². The molecule has 0 amide bonds. The van der Waals surface area contributed by atoms with Crippen LogP contribution in [-0.2, 0) is 0 Å². The summed E-state index contributed by atoms with van der Waals surface area (Å²) in [4.78, 5) is 2.45. The molecule has 1 saturated heterocycles. The zero-order chi connectivity index (χ0) is 7.56. The fourth-order valence-electron chi connectivity index (χ4n) is 1.57. The summed E-state index contributed by atoms with van der Waals surface area (Å²) in [5.41, 5.74) is 0. The van der Waals surface area contributed by atoms with E-state index in [1.807, 2.05) is 0 Å². The molecular formula is C8H20Cl2N2. The monoisotopic (exact) mass is 214 g/mol. The van der Waals surface area contributed by atoms with Crippen LogP contribution in [0.2, 0.25) is 0 Å². The maximum absolute atomic E-state index is 3.40. The number of likely N-dealkylation sites (N-methyl/N-ethyl adjacent to an activating group) is 1. The molecule has 0 unspecified atom stereocenters. The second-order valence-corrected chi connectivity index (χ2v) is 3.50. The minimum absolute atomic E-state index is 0. The predicted molar refractivity (Wildman–Crippen MR) is 58.6 cm³/mol. The standard InChI is InChI=1S/C8H18N2.2ClH/c1-7(2)8-6-9-4-5-10(8)3;;/h7-9H,4-6H2,1-3H3;2*1H/t8-;;/m1../s1. The summed E-state index contributed by atoms with van der Waals surface area (Å²) in [6, 6.07) is 0.744. The average Bonchev–Trinajstić information content (AvgIpc) is 1.88. The topological polar surface area (TPSA) is 15.3 Å². The fraction of sp³-hybridized carbons (Fsp3) is 1.00. The molecule has 1 heterocycles. The van der Waals surface area contributed by atoms with Crippen molar-refractivity contribution < 1.29 is 0 Å². The highest BCUT2D eigenvalue weighted by molar-refractivity contribution is 5.85. The van der Waals surface area contributed by atoms with Crippen molar-refractivity contribution in [2.75, 3.05) is 26.7 Å². The van der Waals surface area contributed by atoms with Gasteiger partial charge in [0.15, 0.2) is 0 Å². The number of hydrogen-bond donors (Lipinski definition) is 1. The van der Waals surface area contributed by atoms with E-state index in [4.69, 9.17) is 0 Å². The van der Waals surface area contributed by atoms with Crippen molar-refractivity contribution >= 4 is 24.8 Å². The van der Waals surface area contributed by atoms with Gasteiger partial charge in [-0.15, -0.1) is 24.8 Å². The minimum Gasteiger partial charge on any atom is -0.314 e. The smallest absolute Gasteiger partial charge is 0.0241 e. The fourth-order valence-corrected chi connectivity index (χ4v) is 1.57. The summed E-state index contributed by atoms with van der Waals surface area (Å²) in [5, 5.41) is 3.40. The van der Waals surface area contributed by atoms with E-state index in [-0.39, 0.29) is 24.8 Å². The molecule has 2 nitrogen and oxygen atoms in total. The lowest BCUT2D eigenvalue weighted by atomic mass is 10.0. The Bertz CT molecular complexity index is 109. The van der Waals surface area contributed by atoms with Crippen molar-refractivity contribution in [1.29, 1.82) is 0 Å². The van der Waals surface area contributed by atoms with E-state index in [0.29, 0.717) is 0 Å². The number of nitrogens with one attached hydrogen (secondary N) is 1. The Morgan fingerprint density at radius 3 is 2.25 bits per heavy atom. The third kappa shape index (κ3) is 3.94. The van der Waals surface area contributed by atoms with Crippen LogP contribution in [0.25, 0.3) is 0 Å². The lowest BCUT2D eigenvalue weighted by Crippen LogP contribution is -2.51. The van der Waals surface area contributed by atoms with Gasteiger partial charge in [0.2, 0.25) is 0 Å². The lowest BCUT2D eigenvalue weighted by molar-refractivity contribution is 0.157. The second kappa shape index (κ2) is 6.96. The van der Waals surface area contributed by atoms with E-state index in [1.54, 1.807) is 0 Å². The first-order valence-corrected chi connectivity index (χ1v) is 4.13. The van der Waals surface area contributed by atoms with E-state index < -0.39 is 0 Å². The molecular weight excluding hydrogens is 195 g/mol. The molecule has 4 heteroatoms. The Morgan fingerprint density at radius 2 is 1.92 bits per heavy atom. The van der Waals surface area contributed by atoms with Gasteiger partial charge in [0.25, 0.3) is 0 Å². The van der Waals surface area contributed by atoms with Crippen LogP contribution in [0.5, 0.6) is 0 Å². The lowest BCUT2D eigenvalue weighted by Gasteiger charge is -2.35. The molecule has 0 bridgehead atoms. The first-order valence-electron chi connectivity index (χ1n) is 4.13. The molecule has 1 atom stereocenters. The SMILES string of the molecule is CC(C)[C@H]1CNCCN1C.Cl.Cl. The normalized spacial score (nSPS) is 24.5. The number of rotatable bonds is 1. The van der Waals surface area contributed by atoms with Crippen LogP contribution >= 0.6 is 24.8 Å². The molecule has 1 N–H and O–H groups in total. The first kappa shape index (κ1) is 15.0. The molecule has 76 valence electrons. The summed E-state index contributed by atoms with van der Waals surface area (Å²) in [5.74, 6) is 0.776. The van der Waals surface area contributed by atoms with E-state index in [9.17, 15) is 0 Å². The number of halogens is 2. The summed E-state index contributed by atoms with van der Waals surface area (Å²) < 4.78 is 0. The first-order chi connectivity index (χ1) is 4.72. The van der Waals surface area contributed by atoms with Crippen LogP contribution < -0.4 is 5.32 Å². The highest BCUT2D eigenvalue weighted by Crippen LogP contribution is 2.09. The van der Waals surface area contributed by atoms with Crippen molar-refractivity contribution in [1.82, 2.24) is 10.2 Å². The van der Waals surface area contributed by atoms with Crippen molar-refractivity contribution in [2.45, 2.75) is 19.9 Å². The molecule has 0 spiro atoms. The summed E-state index contributed by atoms with van der Waals surface area (Å²) in [6.07, 6.45) is 0. The van der Waals surface area contributed by atoms with Crippen LogP contribution in [0.15, 0.2) is 0 Å². The van der Waals surface area contributed by atoms with Gasteiger partial charge in [0.1, 0.15) is 0 Å². The van der Waals surface area contributed by atoms with Gasteiger partial charge in [0, 0.05) is 25.7 Å². The van der Waals surface area contributed by atoms with Crippen LogP contribution in [-0.4, -0.2) is 37.6 Å². The molecule has 0 aromatic rings. The van der Waals surface area contributed by atoms with Gasteiger partial charge < -0.3 is 10.2 Å². The highest BCUT2D eigenvalue weighted by Gasteiger charge is 2.20. The Morgan fingerprint density at radius 1 is 1.33 bits per heavy atom. The Balaban J connectivity index is 0.